The van der Waals surface area contributed by atoms with E-state index >= 15 is 0 Å². The highest BCUT2D eigenvalue weighted by atomic mass is 28.4. The Morgan fingerprint density at radius 2 is 1.39 bits per heavy atom. The van der Waals surface area contributed by atoms with Crippen LogP contribution in [0.4, 0.5) is 4.39 Å². The van der Waals surface area contributed by atoms with Crippen LogP contribution in [-0.2, 0) is 9.22 Å². The minimum atomic E-state index is -2.81. The van der Waals surface area contributed by atoms with Gasteiger partial charge in [-0.05, 0) is 45.1 Å². The van der Waals surface area contributed by atoms with Crippen molar-refractivity contribution in [2.45, 2.75) is 45.3 Å². The summed E-state index contributed by atoms with van der Waals surface area (Å²) in [4.78, 5) is 13.1. The van der Waals surface area contributed by atoms with Gasteiger partial charge in [-0.1, -0.05) is 100 Å². The molecule has 1 saturated carbocycles. The lowest BCUT2D eigenvalue weighted by molar-refractivity contribution is -0.114. The van der Waals surface area contributed by atoms with Crippen LogP contribution in [0.5, 0.6) is 0 Å². The first-order valence-electron chi connectivity index (χ1n) is 11.5. The van der Waals surface area contributed by atoms with Crippen molar-refractivity contribution in [1.29, 1.82) is 0 Å². The number of hydrogen-bond donors (Lipinski definition) is 0. The number of Topliss-reactive ketones (excluding diaryl/α,β-unsaturated/α-hetero) is 1. The Morgan fingerprint density at radius 1 is 0.879 bits per heavy atom. The lowest BCUT2D eigenvalue weighted by atomic mass is 10.0. The summed E-state index contributed by atoms with van der Waals surface area (Å²) < 4.78 is 20.7. The molecule has 2 unspecified atom stereocenters. The van der Waals surface area contributed by atoms with E-state index in [9.17, 15) is 9.18 Å². The van der Waals surface area contributed by atoms with Gasteiger partial charge >= 0.3 is 0 Å². The number of rotatable bonds is 5. The first-order chi connectivity index (χ1) is 15.7. The maximum atomic E-state index is 13.4. The molecule has 0 heterocycles. The van der Waals surface area contributed by atoms with Crippen molar-refractivity contribution in [2.24, 2.45) is 5.92 Å². The second kappa shape index (κ2) is 9.20. The molecular formula is C29H31FO2Si. The van der Waals surface area contributed by atoms with Gasteiger partial charge in [0.1, 0.15) is 5.82 Å². The van der Waals surface area contributed by atoms with Crippen molar-refractivity contribution in [3.63, 3.8) is 0 Å². The van der Waals surface area contributed by atoms with Gasteiger partial charge in [0.25, 0.3) is 8.32 Å². The second-order valence-electron chi connectivity index (χ2n) is 9.96. The molecule has 3 aromatic carbocycles. The Hall–Kier alpha value is -2.82. The van der Waals surface area contributed by atoms with Gasteiger partial charge in [0.05, 0.1) is 6.10 Å². The summed E-state index contributed by atoms with van der Waals surface area (Å²) in [7, 11) is -2.81. The summed E-state index contributed by atoms with van der Waals surface area (Å²) in [5, 5.41) is 2.20. The van der Waals surface area contributed by atoms with E-state index in [0.29, 0.717) is 12.0 Å². The number of carbonyl (C=O) groups is 1. The first kappa shape index (κ1) is 23.3. The molecule has 1 aliphatic carbocycles. The third-order valence-electron chi connectivity index (χ3n) is 6.57. The zero-order chi connectivity index (χ0) is 23.6. The number of ketones is 1. The van der Waals surface area contributed by atoms with Crippen molar-refractivity contribution < 1.29 is 13.6 Å². The fourth-order valence-corrected chi connectivity index (χ4v) is 9.70. The van der Waals surface area contributed by atoms with Crippen LogP contribution in [0.15, 0.2) is 90.5 Å². The Bertz CT molecular complexity index is 1090. The molecule has 0 saturated heterocycles. The molecule has 2 atom stereocenters. The highest BCUT2D eigenvalue weighted by Gasteiger charge is 2.53. The predicted octanol–water partition coefficient (Wildman–Crippen LogP) is 5.76. The van der Waals surface area contributed by atoms with E-state index in [1.54, 1.807) is 12.1 Å². The topological polar surface area (TPSA) is 26.3 Å². The molecule has 0 N–H and O–H groups in total. The van der Waals surface area contributed by atoms with Crippen LogP contribution >= 0.6 is 0 Å². The van der Waals surface area contributed by atoms with E-state index in [1.165, 1.54) is 22.5 Å². The molecule has 0 bridgehead atoms. The first-order valence-corrected chi connectivity index (χ1v) is 13.4. The zero-order valence-electron chi connectivity index (χ0n) is 19.7. The SMILES string of the molecule is CC1CC(=O)/C(=C\c2ccc(F)cc2)C1O[Si](c1ccccc1)(c1ccccc1)C(C)(C)C. The van der Waals surface area contributed by atoms with Gasteiger partial charge in [0.15, 0.2) is 5.78 Å². The van der Waals surface area contributed by atoms with E-state index in [-0.39, 0.29) is 28.7 Å². The number of halogens is 1. The Morgan fingerprint density at radius 3 is 1.88 bits per heavy atom. The van der Waals surface area contributed by atoms with Crippen LogP contribution < -0.4 is 10.4 Å². The normalized spacial score (nSPS) is 20.4. The van der Waals surface area contributed by atoms with Crippen LogP contribution in [-0.4, -0.2) is 20.2 Å². The Balaban J connectivity index is 1.88. The Kier molecular flexibility index (Phi) is 6.51. The van der Waals surface area contributed by atoms with E-state index < -0.39 is 8.32 Å². The molecule has 2 nitrogen and oxygen atoms in total. The zero-order valence-corrected chi connectivity index (χ0v) is 20.7. The van der Waals surface area contributed by atoms with Gasteiger partial charge in [-0.3, -0.25) is 4.79 Å². The van der Waals surface area contributed by atoms with Crippen LogP contribution in [0.2, 0.25) is 5.04 Å². The number of hydrogen-bond acceptors (Lipinski definition) is 2. The molecular weight excluding hydrogens is 427 g/mol. The largest absolute Gasteiger partial charge is 0.400 e. The van der Waals surface area contributed by atoms with Crippen molar-refractivity contribution in [3.8, 4) is 0 Å². The quantitative estimate of drug-likeness (QED) is 0.359. The lowest BCUT2D eigenvalue weighted by Crippen LogP contribution is -2.68. The molecule has 33 heavy (non-hydrogen) atoms. The van der Waals surface area contributed by atoms with E-state index in [4.69, 9.17) is 4.43 Å². The maximum absolute atomic E-state index is 13.4. The van der Waals surface area contributed by atoms with Crippen molar-refractivity contribution >= 4 is 30.6 Å². The standard InChI is InChI=1S/C29H31FO2Si/c1-21-19-27(31)26(20-22-15-17-23(30)18-16-22)28(21)32-33(29(2,3)4,24-11-7-5-8-12-24)25-13-9-6-10-14-25/h5-18,20-21,28H,19H2,1-4H3/b26-20+. The third kappa shape index (κ3) is 4.50. The smallest absolute Gasteiger partial charge is 0.261 e. The van der Waals surface area contributed by atoms with Gasteiger partial charge in [0, 0.05) is 12.0 Å². The Labute approximate surface area is 197 Å². The summed E-state index contributed by atoms with van der Waals surface area (Å²) in [5.41, 5.74) is 1.49. The van der Waals surface area contributed by atoms with Gasteiger partial charge in [-0.15, -0.1) is 0 Å². The fourth-order valence-electron chi connectivity index (χ4n) is 4.95. The van der Waals surface area contributed by atoms with Crippen LogP contribution in [0.1, 0.15) is 39.7 Å². The average Bonchev–Trinajstić information content (AvgIpc) is 3.05. The molecule has 1 aliphatic rings. The van der Waals surface area contributed by atoms with E-state index in [1.807, 2.05) is 18.2 Å². The molecule has 0 radical (unpaired) electrons. The third-order valence-corrected chi connectivity index (χ3v) is 11.6. The molecule has 4 heteroatoms. The minimum Gasteiger partial charge on any atom is -0.400 e. The van der Waals surface area contributed by atoms with Crippen LogP contribution in [0, 0.1) is 11.7 Å². The molecule has 0 amide bonds. The summed E-state index contributed by atoms with van der Waals surface area (Å²) in [6, 6.07) is 27.2. The fraction of sp³-hybridized carbons (Fsp3) is 0.276. The van der Waals surface area contributed by atoms with E-state index in [0.717, 1.165) is 5.56 Å². The summed E-state index contributed by atoms with van der Waals surface area (Å²) >= 11 is 0. The molecule has 3 aromatic rings. The maximum Gasteiger partial charge on any atom is 0.261 e. The van der Waals surface area contributed by atoms with E-state index in [2.05, 4.69) is 76.2 Å². The monoisotopic (exact) mass is 458 g/mol. The molecule has 4 rings (SSSR count). The van der Waals surface area contributed by atoms with Crippen LogP contribution in [0.25, 0.3) is 6.08 Å². The molecule has 0 aromatic heterocycles. The second-order valence-corrected chi connectivity index (χ2v) is 14.2. The van der Waals surface area contributed by atoms with Crippen LogP contribution in [0.3, 0.4) is 0 Å². The summed E-state index contributed by atoms with van der Waals surface area (Å²) in [5.74, 6) is -0.121. The molecule has 170 valence electrons. The molecule has 0 aliphatic heterocycles. The van der Waals surface area contributed by atoms with Crippen molar-refractivity contribution in [2.75, 3.05) is 0 Å². The molecule has 1 fully saturated rings. The highest BCUT2D eigenvalue weighted by Crippen LogP contribution is 2.42. The number of carbonyl (C=O) groups excluding carboxylic acids is 1. The highest BCUT2D eigenvalue weighted by molar-refractivity contribution is 6.99. The molecule has 0 spiro atoms. The van der Waals surface area contributed by atoms with Gasteiger partial charge in [-0.25, -0.2) is 4.39 Å². The van der Waals surface area contributed by atoms with Gasteiger partial charge in [0.2, 0.25) is 0 Å². The van der Waals surface area contributed by atoms with Gasteiger partial charge in [-0.2, -0.15) is 0 Å². The summed E-state index contributed by atoms with van der Waals surface area (Å²) in [6.45, 7) is 8.81. The minimum absolute atomic E-state index is 0.0610. The van der Waals surface area contributed by atoms with Crippen molar-refractivity contribution in [3.05, 3.63) is 102 Å². The predicted molar refractivity (Wildman–Crippen MR) is 136 cm³/mol. The van der Waals surface area contributed by atoms with Crippen molar-refractivity contribution in [1.82, 2.24) is 0 Å². The summed E-state index contributed by atoms with van der Waals surface area (Å²) in [6.07, 6.45) is 2.01. The average molecular weight is 459 g/mol. The van der Waals surface area contributed by atoms with Gasteiger partial charge < -0.3 is 4.43 Å². The number of benzene rings is 3. The lowest BCUT2D eigenvalue weighted by Gasteiger charge is -2.45.